The maximum atomic E-state index is 12.0. The van der Waals surface area contributed by atoms with Crippen molar-refractivity contribution in [2.45, 2.75) is 31.5 Å². The predicted molar refractivity (Wildman–Crippen MR) is 75.5 cm³/mol. The zero-order valence-corrected chi connectivity index (χ0v) is 12.0. The maximum absolute atomic E-state index is 12.0. The highest BCUT2D eigenvalue weighted by atomic mass is 16.6. The van der Waals surface area contributed by atoms with Gasteiger partial charge in [0.15, 0.2) is 17.4 Å². The van der Waals surface area contributed by atoms with Crippen molar-refractivity contribution >= 4 is 23.0 Å². The number of carbonyl (C=O) groups excluding carboxylic acids is 1. The molecule has 4 atom stereocenters. The van der Waals surface area contributed by atoms with E-state index in [1.165, 1.54) is 17.8 Å². The average molecular weight is 326 g/mol. The minimum atomic E-state index is -1.34. The largest absolute Gasteiger partial charge is 0.394 e. The van der Waals surface area contributed by atoms with Crippen LogP contribution in [0, 0.1) is 0 Å². The van der Waals surface area contributed by atoms with Crippen molar-refractivity contribution in [2.24, 2.45) is 0 Å². The third-order valence-corrected chi connectivity index (χ3v) is 3.52. The molecule has 0 radical (unpaired) electrons. The van der Waals surface area contributed by atoms with Crippen molar-refractivity contribution in [3.05, 3.63) is 16.7 Å². The van der Waals surface area contributed by atoms with E-state index in [-0.39, 0.29) is 17.1 Å². The van der Waals surface area contributed by atoms with E-state index in [9.17, 15) is 19.8 Å². The molecule has 1 fully saturated rings. The second kappa shape index (κ2) is 5.70. The summed E-state index contributed by atoms with van der Waals surface area (Å²) in [6.45, 7) is 0.778. The third kappa shape index (κ3) is 2.59. The lowest BCUT2D eigenvalue weighted by atomic mass is 10.1. The smallest absolute Gasteiger partial charge is 0.280 e. The summed E-state index contributed by atoms with van der Waals surface area (Å²) in [4.78, 5) is 33.4. The van der Waals surface area contributed by atoms with E-state index in [0.717, 1.165) is 0 Å². The number of ether oxygens (including phenoxy) is 1. The monoisotopic (exact) mass is 326 g/mol. The molecule has 0 aliphatic carbocycles. The van der Waals surface area contributed by atoms with E-state index in [2.05, 4.69) is 20.3 Å². The zero-order chi connectivity index (χ0) is 16.7. The molecule has 11 heteroatoms. The van der Waals surface area contributed by atoms with Crippen LogP contribution in [-0.2, 0) is 9.53 Å². The standard InChI is InChI=1S/C12H15N5O6/c1-4(19)14-12-15-9-6(10(22)16-12)13-3-17(9)11-8(21)7(20)5(2-18)23-11/h3,5,7-8,11,18,20-21H,2H2,1H3,(H2,14,15,16,19,22)/t5-,7-,8-,11-/m1/s1/i14+1. The fraction of sp³-hybridized carbons (Fsp3) is 0.500. The Morgan fingerprint density at radius 1 is 1.48 bits per heavy atom. The van der Waals surface area contributed by atoms with Gasteiger partial charge < -0.3 is 20.1 Å². The van der Waals surface area contributed by atoms with Crippen LogP contribution in [-0.4, -0.2) is 65.7 Å². The average Bonchev–Trinajstić information content (AvgIpc) is 3.01. The van der Waals surface area contributed by atoms with Gasteiger partial charge in [-0.3, -0.25) is 24.5 Å². The summed E-state index contributed by atoms with van der Waals surface area (Å²) in [5, 5.41) is 31.3. The first-order valence-corrected chi connectivity index (χ1v) is 6.79. The Kier molecular flexibility index (Phi) is 3.85. The Morgan fingerprint density at radius 3 is 2.83 bits per heavy atom. The van der Waals surface area contributed by atoms with Gasteiger partial charge in [0.2, 0.25) is 11.9 Å². The highest BCUT2D eigenvalue weighted by Gasteiger charge is 2.44. The highest BCUT2D eigenvalue weighted by Crippen LogP contribution is 2.30. The Morgan fingerprint density at radius 2 is 2.22 bits per heavy atom. The first-order valence-electron chi connectivity index (χ1n) is 6.79. The van der Waals surface area contributed by atoms with Gasteiger partial charge in [0.1, 0.15) is 18.3 Å². The van der Waals surface area contributed by atoms with Crippen LogP contribution >= 0.6 is 0 Å². The summed E-state index contributed by atoms with van der Waals surface area (Å²) in [6.07, 6.45) is -3.45. The first-order chi connectivity index (χ1) is 10.9. The molecule has 0 bridgehead atoms. The fourth-order valence-electron chi connectivity index (χ4n) is 2.45. The second-order valence-electron chi connectivity index (χ2n) is 5.15. The lowest BCUT2D eigenvalue weighted by Gasteiger charge is -2.16. The van der Waals surface area contributed by atoms with E-state index in [1.54, 1.807) is 0 Å². The number of imidazole rings is 1. The molecule has 1 amide bonds. The van der Waals surface area contributed by atoms with Gasteiger partial charge in [0.25, 0.3) is 5.56 Å². The SMILES string of the molecule is CC(=O)[15NH]c1nc2c(ncn2[C@@H]2O[C@H](CO)[C@@H](O)[C@H]2O)c(=O)[nH]1. The molecule has 11 nitrogen and oxygen atoms in total. The summed E-state index contributed by atoms with van der Waals surface area (Å²) < 4.78 is 6.65. The third-order valence-electron chi connectivity index (χ3n) is 3.52. The number of aromatic amines is 1. The quantitative estimate of drug-likeness (QED) is 0.393. The molecular formula is C12H15N5O6. The summed E-state index contributed by atoms with van der Waals surface area (Å²) in [7, 11) is 0. The van der Waals surface area contributed by atoms with Crippen molar-refractivity contribution in [1.82, 2.24) is 19.5 Å². The summed E-state index contributed by atoms with van der Waals surface area (Å²) in [5.41, 5.74) is -0.534. The molecule has 5 N–H and O–H groups in total. The summed E-state index contributed by atoms with van der Waals surface area (Å²) in [6, 6.07) is 0. The van der Waals surface area contributed by atoms with Gasteiger partial charge in [-0.1, -0.05) is 0 Å². The second-order valence-corrected chi connectivity index (χ2v) is 5.15. The van der Waals surface area contributed by atoms with Crippen molar-refractivity contribution in [3.63, 3.8) is 0 Å². The van der Waals surface area contributed by atoms with E-state index < -0.39 is 42.6 Å². The lowest BCUT2D eigenvalue weighted by molar-refractivity contribution is -0.114. The molecule has 1 aliphatic rings. The topological polar surface area (TPSA) is 163 Å². The number of H-pyrrole nitrogens is 1. The number of aromatic nitrogens is 4. The molecule has 2 aromatic heterocycles. The van der Waals surface area contributed by atoms with Crippen LogP contribution in [0.25, 0.3) is 11.2 Å². The molecule has 3 heterocycles. The maximum Gasteiger partial charge on any atom is 0.280 e. The number of aliphatic hydroxyl groups excluding tert-OH is 3. The van der Waals surface area contributed by atoms with Crippen LogP contribution in [0.5, 0.6) is 0 Å². The van der Waals surface area contributed by atoms with Gasteiger partial charge in [-0.25, -0.2) is 4.98 Å². The summed E-state index contributed by atoms with van der Waals surface area (Å²) in [5.74, 6) is -0.505. The van der Waals surface area contributed by atoms with Crippen LogP contribution in [0.3, 0.4) is 0 Å². The molecule has 2 aromatic rings. The lowest BCUT2D eigenvalue weighted by Crippen LogP contribution is -2.33. The number of fused-ring (bicyclic) bond motifs is 1. The van der Waals surface area contributed by atoms with Crippen LogP contribution in [0.1, 0.15) is 13.2 Å². The van der Waals surface area contributed by atoms with Gasteiger partial charge in [0, 0.05) is 6.92 Å². The molecule has 1 aliphatic heterocycles. The van der Waals surface area contributed by atoms with Crippen molar-refractivity contribution < 1.29 is 24.9 Å². The van der Waals surface area contributed by atoms with Gasteiger partial charge >= 0.3 is 0 Å². The normalized spacial score (nSPS) is 27.5. The van der Waals surface area contributed by atoms with Crippen LogP contribution < -0.4 is 10.9 Å². The van der Waals surface area contributed by atoms with Crippen LogP contribution in [0.4, 0.5) is 5.95 Å². The number of aliphatic hydroxyl groups is 3. The van der Waals surface area contributed by atoms with Gasteiger partial charge in [0.05, 0.1) is 12.9 Å². The zero-order valence-electron chi connectivity index (χ0n) is 12.0. The Balaban J connectivity index is 2.06. The molecule has 0 aromatic carbocycles. The number of nitrogens with zero attached hydrogens (tertiary/aromatic N) is 3. The molecule has 0 unspecified atom stereocenters. The number of nitrogens with one attached hydrogen (secondary N) is 2. The molecule has 23 heavy (non-hydrogen) atoms. The van der Waals surface area contributed by atoms with E-state index >= 15 is 0 Å². The summed E-state index contributed by atoms with van der Waals surface area (Å²) >= 11 is 0. The molecule has 124 valence electrons. The number of hydrogen-bond donors (Lipinski definition) is 5. The van der Waals surface area contributed by atoms with Gasteiger partial charge in [-0.2, -0.15) is 4.98 Å². The molecule has 0 spiro atoms. The molecule has 3 rings (SSSR count). The minimum absolute atomic E-state index is 0.0168. The van der Waals surface area contributed by atoms with Crippen molar-refractivity contribution in [1.29, 1.82) is 0 Å². The number of anilines is 1. The van der Waals surface area contributed by atoms with E-state index in [1.807, 2.05) is 0 Å². The highest BCUT2D eigenvalue weighted by molar-refractivity contribution is 5.87. The predicted octanol–water partition coefficient (Wildman–Crippen LogP) is -2.31. The Hall–Kier alpha value is -2.34. The van der Waals surface area contributed by atoms with Gasteiger partial charge in [-0.15, -0.1) is 0 Å². The minimum Gasteiger partial charge on any atom is -0.394 e. The van der Waals surface area contributed by atoms with Crippen molar-refractivity contribution in [2.75, 3.05) is 11.9 Å². The molecular weight excluding hydrogens is 311 g/mol. The van der Waals surface area contributed by atoms with Crippen LogP contribution in [0.15, 0.2) is 11.1 Å². The molecule has 0 saturated carbocycles. The first kappa shape index (κ1) is 15.6. The number of rotatable bonds is 3. The van der Waals surface area contributed by atoms with Crippen molar-refractivity contribution in [3.8, 4) is 0 Å². The van der Waals surface area contributed by atoms with Crippen LogP contribution in [0.2, 0.25) is 0 Å². The number of carbonyl (C=O) groups is 1. The Bertz CT molecular complexity index is 801. The molecule has 1 saturated heterocycles. The Labute approximate surface area is 128 Å². The van der Waals surface area contributed by atoms with E-state index in [4.69, 9.17) is 9.84 Å². The van der Waals surface area contributed by atoms with E-state index in [0.29, 0.717) is 0 Å². The fourth-order valence-corrected chi connectivity index (χ4v) is 2.45. The van der Waals surface area contributed by atoms with Gasteiger partial charge in [-0.05, 0) is 0 Å². The number of hydrogen-bond acceptors (Lipinski definition) is 8. The number of amides is 1.